The van der Waals surface area contributed by atoms with Gasteiger partial charge in [-0.1, -0.05) is 13.0 Å². The number of nitrogen functional groups attached to an aromatic ring is 1. The van der Waals surface area contributed by atoms with Gasteiger partial charge in [0, 0.05) is 30.3 Å². The highest BCUT2D eigenvalue weighted by molar-refractivity contribution is 5.99. The topological polar surface area (TPSA) is 135 Å². The van der Waals surface area contributed by atoms with Crippen LogP contribution in [0.3, 0.4) is 0 Å². The minimum atomic E-state index is -1.19. The quantitative estimate of drug-likeness (QED) is 0.205. The van der Waals surface area contributed by atoms with Crippen molar-refractivity contribution in [2.45, 2.75) is 45.2 Å². The number of nitrogens with two attached hydrogens (primary N) is 1. The SMILES string of the molecule is CCNC(C)(C)/C=C(/C#N)C(=O)N1CCC[C@H](n2nc(-c3ccc(Oc4cccc(F)c4F)cc3F)c3c(N)ncnc32)C1. The van der Waals surface area contributed by atoms with E-state index in [4.69, 9.17) is 15.6 Å². The van der Waals surface area contributed by atoms with Gasteiger partial charge >= 0.3 is 0 Å². The molecule has 0 aliphatic carbocycles. The lowest BCUT2D eigenvalue weighted by molar-refractivity contribution is -0.128. The number of hydrogen-bond acceptors (Lipinski definition) is 8. The molecule has 3 heterocycles. The number of anilines is 1. The Balaban J connectivity index is 1.47. The molecule has 3 N–H and O–H groups in total. The minimum Gasteiger partial charge on any atom is -0.454 e. The molecule has 0 bridgehead atoms. The van der Waals surface area contributed by atoms with Crippen LogP contribution in [0.4, 0.5) is 19.0 Å². The minimum absolute atomic E-state index is 0.0386. The van der Waals surface area contributed by atoms with Crippen molar-refractivity contribution in [2.75, 3.05) is 25.4 Å². The molecule has 4 aromatic rings. The van der Waals surface area contributed by atoms with E-state index in [1.54, 1.807) is 15.7 Å². The maximum atomic E-state index is 15.5. The number of halogens is 3. The molecule has 44 heavy (non-hydrogen) atoms. The lowest BCUT2D eigenvalue weighted by Gasteiger charge is -2.33. The van der Waals surface area contributed by atoms with Gasteiger partial charge in [0.1, 0.15) is 41.0 Å². The molecule has 228 valence electrons. The van der Waals surface area contributed by atoms with Crippen LogP contribution in [0.5, 0.6) is 11.5 Å². The smallest absolute Gasteiger partial charge is 0.264 e. The van der Waals surface area contributed by atoms with Gasteiger partial charge < -0.3 is 20.7 Å². The fourth-order valence-corrected chi connectivity index (χ4v) is 5.40. The summed E-state index contributed by atoms with van der Waals surface area (Å²) < 4.78 is 50.2. The van der Waals surface area contributed by atoms with E-state index in [0.29, 0.717) is 37.0 Å². The number of hydrogen-bond donors (Lipinski definition) is 2. The number of amides is 1. The van der Waals surface area contributed by atoms with Gasteiger partial charge in [-0.15, -0.1) is 0 Å². The third-order valence-corrected chi connectivity index (χ3v) is 7.38. The predicted octanol–water partition coefficient (Wildman–Crippen LogP) is 5.29. The summed E-state index contributed by atoms with van der Waals surface area (Å²) in [6.07, 6.45) is 4.20. The average Bonchev–Trinajstić information content (AvgIpc) is 3.39. The van der Waals surface area contributed by atoms with E-state index < -0.39 is 23.0 Å². The van der Waals surface area contributed by atoms with Gasteiger partial charge in [0.05, 0.1) is 11.4 Å². The molecule has 0 unspecified atom stereocenters. The number of carbonyl (C=O) groups excluding carboxylic acids is 1. The van der Waals surface area contributed by atoms with E-state index in [1.165, 1.54) is 30.6 Å². The number of nitrogens with zero attached hydrogens (tertiary/aromatic N) is 6. The van der Waals surface area contributed by atoms with E-state index in [2.05, 4.69) is 15.3 Å². The van der Waals surface area contributed by atoms with Gasteiger partial charge in [-0.2, -0.15) is 14.8 Å². The summed E-state index contributed by atoms with van der Waals surface area (Å²) in [6, 6.07) is 8.99. The third kappa shape index (κ3) is 6.07. The zero-order valence-electron chi connectivity index (χ0n) is 24.4. The zero-order valence-corrected chi connectivity index (χ0v) is 24.4. The van der Waals surface area contributed by atoms with Gasteiger partial charge in [-0.3, -0.25) is 4.79 Å². The second kappa shape index (κ2) is 12.3. The molecular formula is C31H31F3N8O2. The standard InChI is InChI=1S/C31H31F3N8O2/c1-4-39-31(2,3)14-18(15-35)30(43)41-12-6-7-19(16-41)42-29-25(28(36)37-17-38-29)27(40-42)21-11-10-20(13-23(21)33)44-24-9-5-8-22(32)26(24)34/h5,8-11,13-14,17,19,39H,4,6-7,12,16H2,1-3H3,(H2,36,37,38)/b18-14-/t19-/m0/s1. The van der Waals surface area contributed by atoms with Crippen LogP contribution in [0.1, 0.15) is 39.7 Å². The average molecular weight is 605 g/mol. The van der Waals surface area contributed by atoms with E-state index in [-0.39, 0.29) is 52.6 Å². The molecule has 10 nitrogen and oxygen atoms in total. The molecule has 1 aliphatic rings. The fraction of sp³-hybridized carbons (Fsp3) is 0.323. The van der Waals surface area contributed by atoms with Crippen LogP contribution in [0.2, 0.25) is 0 Å². The van der Waals surface area contributed by atoms with E-state index in [9.17, 15) is 18.8 Å². The molecule has 5 rings (SSSR count). The second-order valence-electron chi connectivity index (χ2n) is 11.0. The lowest BCUT2D eigenvalue weighted by atomic mass is 9.99. The number of likely N-dealkylation sites (N-methyl/N-ethyl adjacent to an activating group) is 1. The van der Waals surface area contributed by atoms with Gasteiger partial charge in [-0.25, -0.2) is 23.4 Å². The van der Waals surface area contributed by atoms with Crippen molar-refractivity contribution in [2.24, 2.45) is 0 Å². The first-order valence-electron chi connectivity index (χ1n) is 14.1. The van der Waals surface area contributed by atoms with Crippen molar-refractivity contribution < 1.29 is 22.7 Å². The van der Waals surface area contributed by atoms with Gasteiger partial charge in [0.15, 0.2) is 17.2 Å². The largest absolute Gasteiger partial charge is 0.454 e. The summed E-state index contributed by atoms with van der Waals surface area (Å²) in [4.78, 5) is 23.5. The fourth-order valence-electron chi connectivity index (χ4n) is 5.40. The normalized spacial score (nSPS) is 15.8. The van der Waals surface area contributed by atoms with Crippen LogP contribution in [0.15, 0.2) is 54.4 Å². The molecule has 1 saturated heterocycles. The summed E-state index contributed by atoms with van der Waals surface area (Å²) in [5.74, 6) is -3.77. The van der Waals surface area contributed by atoms with Gasteiger partial charge in [-0.05, 0) is 63.6 Å². The number of carbonyl (C=O) groups is 1. The second-order valence-corrected chi connectivity index (χ2v) is 11.0. The number of nitrogens with one attached hydrogen (secondary N) is 1. The monoisotopic (exact) mass is 604 g/mol. The zero-order chi connectivity index (χ0) is 31.6. The molecule has 1 atom stereocenters. The van der Waals surface area contributed by atoms with Crippen LogP contribution in [-0.2, 0) is 4.79 Å². The highest BCUT2D eigenvalue weighted by Crippen LogP contribution is 2.37. The summed E-state index contributed by atoms with van der Waals surface area (Å²) in [5.41, 5.74) is 6.30. The first kappa shape index (κ1) is 30.5. The molecule has 2 aromatic heterocycles. The van der Waals surface area contributed by atoms with E-state index in [1.807, 2.05) is 26.8 Å². The predicted molar refractivity (Wildman–Crippen MR) is 158 cm³/mol. The molecular weight excluding hydrogens is 573 g/mol. The number of aromatic nitrogens is 4. The molecule has 0 radical (unpaired) electrons. The summed E-state index contributed by atoms with van der Waals surface area (Å²) >= 11 is 0. The summed E-state index contributed by atoms with van der Waals surface area (Å²) in [5, 5.41) is 18.0. The molecule has 0 spiro atoms. The summed E-state index contributed by atoms with van der Waals surface area (Å²) in [6.45, 7) is 7.09. The number of ether oxygens (including phenoxy) is 1. The van der Waals surface area contributed by atoms with Crippen LogP contribution in [0, 0.1) is 28.8 Å². The van der Waals surface area contributed by atoms with Crippen molar-refractivity contribution in [1.29, 1.82) is 5.26 Å². The van der Waals surface area contributed by atoms with Crippen LogP contribution in [0.25, 0.3) is 22.3 Å². The molecule has 0 saturated carbocycles. The van der Waals surface area contributed by atoms with Crippen LogP contribution in [-0.4, -0.2) is 55.7 Å². The first-order valence-corrected chi connectivity index (χ1v) is 14.1. The molecule has 1 aliphatic heterocycles. The Kier molecular flexibility index (Phi) is 8.55. The molecule has 1 amide bonds. The van der Waals surface area contributed by atoms with Crippen molar-refractivity contribution in [3.8, 4) is 28.8 Å². The highest BCUT2D eigenvalue weighted by Gasteiger charge is 2.31. The molecule has 13 heteroatoms. The number of fused-ring (bicyclic) bond motifs is 1. The maximum absolute atomic E-state index is 15.5. The Morgan fingerprint density at radius 3 is 2.75 bits per heavy atom. The molecule has 2 aromatic carbocycles. The summed E-state index contributed by atoms with van der Waals surface area (Å²) in [7, 11) is 0. The Morgan fingerprint density at radius 1 is 1.23 bits per heavy atom. The lowest BCUT2D eigenvalue weighted by Crippen LogP contribution is -2.43. The number of piperidine rings is 1. The van der Waals surface area contributed by atoms with E-state index >= 15 is 4.39 Å². The Hall–Kier alpha value is -4.96. The number of rotatable bonds is 8. The van der Waals surface area contributed by atoms with Crippen molar-refractivity contribution in [3.05, 3.63) is 71.8 Å². The molecule has 1 fully saturated rings. The van der Waals surface area contributed by atoms with E-state index in [0.717, 1.165) is 12.1 Å². The van der Waals surface area contributed by atoms with Crippen LogP contribution < -0.4 is 15.8 Å². The highest BCUT2D eigenvalue weighted by atomic mass is 19.2. The Bertz CT molecular complexity index is 1800. The first-order chi connectivity index (χ1) is 21.0. The number of likely N-dealkylation sites (tertiary alicyclic amines) is 1. The maximum Gasteiger partial charge on any atom is 0.264 e. The van der Waals surface area contributed by atoms with Crippen molar-refractivity contribution >= 4 is 22.8 Å². The van der Waals surface area contributed by atoms with Crippen LogP contribution >= 0.6 is 0 Å². The third-order valence-electron chi connectivity index (χ3n) is 7.38. The van der Waals surface area contributed by atoms with Crippen molar-refractivity contribution in [1.82, 2.24) is 30.0 Å². The van der Waals surface area contributed by atoms with Gasteiger partial charge in [0.2, 0.25) is 5.82 Å². The Labute approximate surface area is 252 Å². The van der Waals surface area contributed by atoms with Crippen molar-refractivity contribution in [3.63, 3.8) is 0 Å². The Morgan fingerprint density at radius 2 is 2.02 bits per heavy atom. The number of nitriles is 1. The van der Waals surface area contributed by atoms with Gasteiger partial charge in [0.25, 0.3) is 5.91 Å². The number of benzene rings is 2.